The molecule has 1 unspecified atom stereocenters. The molecule has 0 aliphatic heterocycles. The zero-order valence-electron chi connectivity index (χ0n) is 16.2. The SMILES string of the molecule is CN=C(NCc1cc(OC)ccc1OC(F)F)NCC(OC)C(C)(C)C. The van der Waals surface area contributed by atoms with E-state index in [1.807, 2.05) is 0 Å². The first-order chi connectivity index (χ1) is 12.2. The van der Waals surface area contributed by atoms with E-state index in [0.29, 0.717) is 23.8 Å². The third-order valence-corrected chi connectivity index (χ3v) is 3.86. The molecule has 1 atom stereocenters. The predicted molar refractivity (Wildman–Crippen MR) is 98.1 cm³/mol. The smallest absolute Gasteiger partial charge is 0.387 e. The number of benzene rings is 1. The highest BCUT2D eigenvalue weighted by molar-refractivity contribution is 5.79. The van der Waals surface area contributed by atoms with Crippen molar-refractivity contribution in [1.82, 2.24) is 10.6 Å². The van der Waals surface area contributed by atoms with E-state index in [1.54, 1.807) is 26.3 Å². The van der Waals surface area contributed by atoms with Gasteiger partial charge in [-0.2, -0.15) is 8.78 Å². The fourth-order valence-electron chi connectivity index (χ4n) is 2.36. The first-order valence-corrected chi connectivity index (χ1v) is 8.30. The molecule has 2 N–H and O–H groups in total. The van der Waals surface area contributed by atoms with E-state index in [2.05, 4.69) is 41.1 Å². The highest BCUT2D eigenvalue weighted by Gasteiger charge is 2.24. The van der Waals surface area contributed by atoms with E-state index in [0.717, 1.165) is 0 Å². The fourth-order valence-corrected chi connectivity index (χ4v) is 2.36. The van der Waals surface area contributed by atoms with Crippen LogP contribution in [0.2, 0.25) is 0 Å². The minimum absolute atomic E-state index is 0.0180. The molecule has 1 aromatic rings. The van der Waals surface area contributed by atoms with Crippen LogP contribution in [0.5, 0.6) is 11.5 Å². The molecule has 0 aliphatic rings. The number of nitrogens with zero attached hydrogens (tertiary/aromatic N) is 1. The number of halogens is 2. The number of hydrogen-bond acceptors (Lipinski definition) is 4. The maximum absolute atomic E-state index is 12.6. The summed E-state index contributed by atoms with van der Waals surface area (Å²) in [6, 6.07) is 4.67. The van der Waals surface area contributed by atoms with Crippen molar-refractivity contribution in [3.05, 3.63) is 23.8 Å². The van der Waals surface area contributed by atoms with Crippen molar-refractivity contribution < 1.29 is 23.0 Å². The van der Waals surface area contributed by atoms with Gasteiger partial charge in [0.15, 0.2) is 5.96 Å². The fraction of sp³-hybridized carbons (Fsp3) is 0.611. The van der Waals surface area contributed by atoms with Crippen LogP contribution in [0.3, 0.4) is 0 Å². The van der Waals surface area contributed by atoms with Gasteiger partial charge in [-0.3, -0.25) is 4.99 Å². The molecule has 0 spiro atoms. The third kappa shape index (κ3) is 7.03. The Morgan fingerprint density at radius 2 is 1.88 bits per heavy atom. The zero-order valence-corrected chi connectivity index (χ0v) is 16.2. The normalized spacial score (nSPS) is 13.5. The average Bonchev–Trinajstić information content (AvgIpc) is 2.57. The van der Waals surface area contributed by atoms with Crippen LogP contribution in [0.25, 0.3) is 0 Å². The lowest BCUT2D eigenvalue weighted by atomic mass is 9.89. The third-order valence-electron chi connectivity index (χ3n) is 3.86. The molecule has 0 saturated heterocycles. The molecule has 1 aromatic carbocycles. The Bertz CT molecular complexity index is 590. The molecule has 0 aromatic heterocycles. The van der Waals surface area contributed by atoms with E-state index >= 15 is 0 Å². The molecule has 6 nitrogen and oxygen atoms in total. The quantitative estimate of drug-likeness (QED) is 0.542. The highest BCUT2D eigenvalue weighted by atomic mass is 19.3. The first kappa shape index (κ1) is 22.0. The van der Waals surface area contributed by atoms with Gasteiger partial charge < -0.3 is 24.8 Å². The summed E-state index contributed by atoms with van der Waals surface area (Å²) in [5, 5.41) is 6.26. The van der Waals surface area contributed by atoms with Gasteiger partial charge in [0.1, 0.15) is 11.5 Å². The second-order valence-electron chi connectivity index (χ2n) is 6.75. The number of rotatable bonds is 8. The van der Waals surface area contributed by atoms with Gasteiger partial charge in [0, 0.05) is 32.8 Å². The van der Waals surface area contributed by atoms with Crippen LogP contribution in [0.4, 0.5) is 8.78 Å². The van der Waals surface area contributed by atoms with Crippen molar-refractivity contribution in [1.29, 1.82) is 0 Å². The Morgan fingerprint density at radius 3 is 2.38 bits per heavy atom. The summed E-state index contributed by atoms with van der Waals surface area (Å²) in [4.78, 5) is 4.14. The minimum atomic E-state index is -2.89. The van der Waals surface area contributed by atoms with Crippen LogP contribution in [-0.4, -0.2) is 46.5 Å². The molecule has 26 heavy (non-hydrogen) atoms. The van der Waals surface area contributed by atoms with Crippen LogP contribution >= 0.6 is 0 Å². The molecule has 0 heterocycles. The maximum Gasteiger partial charge on any atom is 0.387 e. The monoisotopic (exact) mass is 373 g/mol. The molecule has 1 rings (SSSR count). The highest BCUT2D eigenvalue weighted by Crippen LogP contribution is 2.25. The molecule has 0 amide bonds. The van der Waals surface area contributed by atoms with E-state index < -0.39 is 6.61 Å². The molecule has 0 radical (unpaired) electrons. The number of guanidine groups is 1. The number of nitrogens with one attached hydrogen (secondary N) is 2. The van der Waals surface area contributed by atoms with Gasteiger partial charge in [-0.25, -0.2) is 0 Å². The van der Waals surface area contributed by atoms with Crippen LogP contribution in [0.15, 0.2) is 23.2 Å². The van der Waals surface area contributed by atoms with E-state index in [1.165, 1.54) is 13.2 Å². The number of methoxy groups -OCH3 is 2. The lowest BCUT2D eigenvalue weighted by Crippen LogP contribution is -2.45. The van der Waals surface area contributed by atoms with Crippen LogP contribution < -0.4 is 20.1 Å². The van der Waals surface area contributed by atoms with Crippen molar-refractivity contribution in [3.63, 3.8) is 0 Å². The van der Waals surface area contributed by atoms with Gasteiger partial charge in [-0.05, 0) is 23.6 Å². The first-order valence-electron chi connectivity index (χ1n) is 8.30. The number of alkyl halides is 2. The molecule has 148 valence electrons. The Labute approximate surface area is 153 Å². The lowest BCUT2D eigenvalue weighted by molar-refractivity contribution is -0.0505. The van der Waals surface area contributed by atoms with Crippen molar-refractivity contribution in [2.24, 2.45) is 10.4 Å². The number of hydrogen-bond donors (Lipinski definition) is 2. The topological polar surface area (TPSA) is 64.1 Å². The van der Waals surface area contributed by atoms with Crippen molar-refractivity contribution in [3.8, 4) is 11.5 Å². The van der Waals surface area contributed by atoms with Gasteiger partial charge in [-0.15, -0.1) is 0 Å². The molecule has 0 fully saturated rings. The van der Waals surface area contributed by atoms with Crippen LogP contribution in [-0.2, 0) is 11.3 Å². The largest absolute Gasteiger partial charge is 0.497 e. The second kappa shape index (κ2) is 10.2. The van der Waals surface area contributed by atoms with E-state index in [4.69, 9.17) is 9.47 Å². The summed E-state index contributed by atoms with van der Waals surface area (Å²) in [7, 11) is 4.81. The van der Waals surface area contributed by atoms with Crippen LogP contribution in [0.1, 0.15) is 26.3 Å². The molecule has 8 heteroatoms. The summed E-state index contributed by atoms with van der Waals surface area (Å²) < 4.78 is 40.4. The summed E-state index contributed by atoms with van der Waals surface area (Å²) in [6.45, 7) is 4.16. The predicted octanol–water partition coefficient (Wildman–Crippen LogP) is 3.02. The van der Waals surface area contributed by atoms with Crippen molar-refractivity contribution >= 4 is 5.96 Å². The Hall–Kier alpha value is -2.09. The molecular formula is C18H29F2N3O3. The molecule has 0 saturated carbocycles. The average molecular weight is 373 g/mol. The Morgan fingerprint density at radius 1 is 1.19 bits per heavy atom. The van der Waals surface area contributed by atoms with Crippen LogP contribution in [0, 0.1) is 5.41 Å². The van der Waals surface area contributed by atoms with Gasteiger partial charge in [0.05, 0.1) is 13.2 Å². The van der Waals surface area contributed by atoms with E-state index in [-0.39, 0.29) is 23.8 Å². The van der Waals surface area contributed by atoms with Crippen molar-refractivity contribution in [2.45, 2.75) is 40.0 Å². The van der Waals surface area contributed by atoms with Gasteiger partial charge in [0.25, 0.3) is 0 Å². The molecule has 0 bridgehead atoms. The maximum atomic E-state index is 12.6. The van der Waals surface area contributed by atoms with Gasteiger partial charge in [-0.1, -0.05) is 20.8 Å². The number of aliphatic imine (C=N–C) groups is 1. The summed E-state index contributed by atoms with van der Waals surface area (Å²) >= 11 is 0. The minimum Gasteiger partial charge on any atom is -0.497 e. The Balaban J connectivity index is 2.76. The summed E-state index contributed by atoms with van der Waals surface area (Å²) in [6.07, 6.45) is -0.0180. The summed E-state index contributed by atoms with van der Waals surface area (Å²) in [5.74, 6) is 1.17. The molecule has 0 aliphatic carbocycles. The Kier molecular flexibility index (Phi) is 8.57. The summed E-state index contributed by atoms with van der Waals surface area (Å²) in [5.41, 5.74) is 0.498. The van der Waals surface area contributed by atoms with Gasteiger partial charge >= 0.3 is 6.61 Å². The number of ether oxygens (including phenoxy) is 3. The van der Waals surface area contributed by atoms with Gasteiger partial charge in [0.2, 0.25) is 0 Å². The zero-order chi connectivity index (χ0) is 19.7. The molecular weight excluding hydrogens is 344 g/mol. The van der Waals surface area contributed by atoms with E-state index in [9.17, 15) is 8.78 Å². The standard InChI is InChI=1S/C18H29F2N3O3/c1-18(2,3)15(25-6)11-23-17(21-4)22-10-12-9-13(24-5)7-8-14(12)26-16(19)20/h7-9,15-16H,10-11H2,1-6H3,(H2,21,22,23). The lowest BCUT2D eigenvalue weighted by Gasteiger charge is -2.30. The second-order valence-corrected chi connectivity index (χ2v) is 6.75. The van der Waals surface area contributed by atoms with Crippen molar-refractivity contribution in [2.75, 3.05) is 27.8 Å².